The lowest BCUT2D eigenvalue weighted by Gasteiger charge is -2.27. The minimum atomic E-state index is -4.36. The standard InChI is InChI=1S/C10H17F3N2O2/c1-3-15(6-10(11,12)13)9(16)7-4-17-5-8(7)14-2/h7-8,14H,3-6H2,1-2H3. The molecule has 0 radical (unpaired) electrons. The van der Waals surface area contributed by atoms with Crippen LogP contribution in [-0.4, -0.2) is 56.4 Å². The third kappa shape index (κ3) is 3.85. The Morgan fingerprint density at radius 3 is 2.59 bits per heavy atom. The third-order valence-corrected chi connectivity index (χ3v) is 2.83. The van der Waals surface area contributed by atoms with Gasteiger partial charge in [-0.2, -0.15) is 13.2 Å². The molecule has 1 saturated heterocycles. The van der Waals surface area contributed by atoms with E-state index in [4.69, 9.17) is 4.74 Å². The van der Waals surface area contributed by atoms with Gasteiger partial charge in [0.25, 0.3) is 0 Å². The molecule has 0 bridgehead atoms. The number of nitrogens with zero attached hydrogens (tertiary/aromatic N) is 1. The van der Waals surface area contributed by atoms with Gasteiger partial charge in [-0.05, 0) is 14.0 Å². The Morgan fingerprint density at radius 2 is 2.12 bits per heavy atom. The van der Waals surface area contributed by atoms with Crippen molar-refractivity contribution in [2.75, 3.05) is 33.4 Å². The highest BCUT2D eigenvalue weighted by atomic mass is 19.4. The van der Waals surface area contributed by atoms with Crippen molar-refractivity contribution in [1.29, 1.82) is 0 Å². The van der Waals surface area contributed by atoms with Crippen molar-refractivity contribution in [2.24, 2.45) is 5.92 Å². The van der Waals surface area contributed by atoms with Crippen molar-refractivity contribution < 1.29 is 22.7 Å². The number of amides is 1. The maximum atomic E-state index is 12.3. The van der Waals surface area contributed by atoms with Gasteiger partial charge in [-0.25, -0.2) is 0 Å². The van der Waals surface area contributed by atoms with E-state index in [1.165, 1.54) is 6.92 Å². The minimum absolute atomic E-state index is 0.0469. The Labute approximate surface area is 98.1 Å². The van der Waals surface area contributed by atoms with E-state index in [-0.39, 0.29) is 19.2 Å². The number of carbonyl (C=O) groups is 1. The summed E-state index contributed by atoms with van der Waals surface area (Å²) in [6, 6.07) is -0.204. The van der Waals surface area contributed by atoms with Crippen LogP contribution in [0.4, 0.5) is 13.2 Å². The molecule has 1 heterocycles. The second kappa shape index (κ2) is 5.68. The minimum Gasteiger partial charge on any atom is -0.379 e. The highest BCUT2D eigenvalue weighted by molar-refractivity contribution is 5.80. The second-order valence-corrected chi connectivity index (χ2v) is 4.01. The van der Waals surface area contributed by atoms with E-state index < -0.39 is 24.5 Å². The van der Waals surface area contributed by atoms with Gasteiger partial charge in [0.2, 0.25) is 5.91 Å². The molecule has 0 aliphatic carbocycles. The lowest BCUT2D eigenvalue weighted by atomic mass is 10.0. The first-order valence-corrected chi connectivity index (χ1v) is 5.49. The van der Waals surface area contributed by atoms with E-state index in [2.05, 4.69) is 5.32 Å². The van der Waals surface area contributed by atoms with Crippen LogP contribution < -0.4 is 5.32 Å². The molecule has 2 unspecified atom stereocenters. The van der Waals surface area contributed by atoms with Gasteiger partial charge in [0.15, 0.2) is 0 Å². The van der Waals surface area contributed by atoms with Gasteiger partial charge in [-0.3, -0.25) is 4.79 Å². The molecule has 0 saturated carbocycles. The van der Waals surface area contributed by atoms with E-state index in [9.17, 15) is 18.0 Å². The van der Waals surface area contributed by atoms with Crippen LogP contribution >= 0.6 is 0 Å². The van der Waals surface area contributed by atoms with Gasteiger partial charge >= 0.3 is 6.18 Å². The van der Waals surface area contributed by atoms with Crippen molar-refractivity contribution in [3.05, 3.63) is 0 Å². The fraction of sp³-hybridized carbons (Fsp3) is 0.900. The Balaban J connectivity index is 2.65. The second-order valence-electron chi connectivity index (χ2n) is 4.01. The predicted molar refractivity (Wildman–Crippen MR) is 55.5 cm³/mol. The first-order valence-electron chi connectivity index (χ1n) is 5.49. The molecule has 1 amide bonds. The van der Waals surface area contributed by atoms with Crippen LogP contribution in [0.1, 0.15) is 6.92 Å². The summed E-state index contributed by atoms with van der Waals surface area (Å²) in [5, 5.41) is 2.88. The highest BCUT2D eigenvalue weighted by Gasteiger charge is 2.39. The summed E-state index contributed by atoms with van der Waals surface area (Å²) in [6.07, 6.45) is -4.36. The van der Waals surface area contributed by atoms with E-state index in [0.29, 0.717) is 6.61 Å². The lowest BCUT2D eigenvalue weighted by Crippen LogP contribution is -2.47. The maximum absolute atomic E-state index is 12.3. The molecular weight excluding hydrogens is 237 g/mol. The zero-order chi connectivity index (χ0) is 13.1. The molecular formula is C10H17F3N2O2. The first kappa shape index (κ1) is 14.2. The molecule has 0 aromatic heterocycles. The van der Waals surface area contributed by atoms with E-state index >= 15 is 0 Å². The molecule has 0 spiro atoms. The predicted octanol–water partition coefficient (Wildman–Crippen LogP) is 0.632. The van der Waals surface area contributed by atoms with E-state index in [0.717, 1.165) is 4.90 Å². The molecule has 1 fully saturated rings. The summed E-state index contributed by atoms with van der Waals surface area (Å²) < 4.78 is 42.0. The van der Waals surface area contributed by atoms with Crippen molar-refractivity contribution in [3.63, 3.8) is 0 Å². The number of ether oxygens (including phenoxy) is 1. The summed E-state index contributed by atoms with van der Waals surface area (Å²) in [5.41, 5.74) is 0. The number of alkyl halides is 3. The molecule has 7 heteroatoms. The van der Waals surface area contributed by atoms with E-state index in [1.807, 2.05) is 0 Å². The average molecular weight is 254 g/mol. The van der Waals surface area contributed by atoms with Crippen molar-refractivity contribution in [1.82, 2.24) is 10.2 Å². The smallest absolute Gasteiger partial charge is 0.379 e. The quantitative estimate of drug-likeness (QED) is 0.800. The monoisotopic (exact) mass is 254 g/mol. The molecule has 100 valence electrons. The summed E-state index contributed by atoms with van der Waals surface area (Å²) in [7, 11) is 1.67. The van der Waals surface area contributed by atoms with Crippen molar-refractivity contribution >= 4 is 5.91 Å². The molecule has 1 aliphatic heterocycles. The Bertz CT molecular complexity index is 271. The zero-order valence-corrected chi connectivity index (χ0v) is 9.88. The van der Waals surface area contributed by atoms with Crippen LogP contribution in [0, 0.1) is 5.92 Å². The molecule has 1 aliphatic rings. The van der Waals surface area contributed by atoms with Crippen LogP contribution in [0.15, 0.2) is 0 Å². The largest absolute Gasteiger partial charge is 0.406 e. The molecule has 0 aromatic carbocycles. The third-order valence-electron chi connectivity index (χ3n) is 2.83. The normalized spacial score (nSPS) is 25.0. The maximum Gasteiger partial charge on any atom is 0.406 e. The van der Waals surface area contributed by atoms with Gasteiger partial charge in [0.05, 0.1) is 19.1 Å². The van der Waals surface area contributed by atoms with Crippen LogP contribution in [0.3, 0.4) is 0 Å². The SMILES string of the molecule is CCN(CC(F)(F)F)C(=O)C1COCC1NC. The highest BCUT2D eigenvalue weighted by Crippen LogP contribution is 2.21. The lowest BCUT2D eigenvalue weighted by molar-refractivity contribution is -0.163. The fourth-order valence-electron chi connectivity index (χ4n) is 1.88. The zero-order valence-electron chi connectivity index (χ0n) is 9.88. The van der Waals surface area contributed by atoms with Crippen molar-refractivity contribution in [3.8, 4) is 0 Å². The summed E-state index contributed by atoms with van der Waals surface area (Å²) in [6.45, 7) is 0.920. The molecule has 4 nitrogen and oxygen atoms in total. The van der Waals surface area contributed by atoms with Crippen LogP contribution in [0.2, 0.25) is 0 Å². The van der Waals surface area contributed by atoms with Gasteiger partial charge in [-0.15, -0.1) is 0 Å². The Hall–Kier alpha value is -0.820. The first-order chi connectivity index (χ1) is 7.89. The summed E-state index contributed by atoms with van der Waals surface area (Å²) in [4.78, 5) is 12.8. The molecule has 1 N–H and O–H groups in total. The molecule has 2 atom stereocenters. The van der Waals surface area contributed by atoms with Crippen LogP contribution in [0.25, 0.3) is 0 Å². The van der Waals surface area contributed by atoms with Crippen LogP contribution in [0.5, 0.6) is 0 Å². The van der Waals surface area contributed by atoms with Gasteiger partial charge in [-0.1, -0.05) is 0 Å². The van der Waals surface area contributed by atoms with Crippen LogP contribution in [-0.2, 0) is 9.53 Å². The number of hydrogen-bond donors (Lipinski definition) is 1. The number of rotatable bonds is 4. The number of halogens is 3. The molecule has 1 rings (SSSR count). The summed E-state index contributed by atoms with van der Waals surface area (Å²) >= 11 is 0. The fourth-order valence-corrected chi connectivity index (χ4v) is 1.88. The number of carbonyl (C=O) groups excluding carboxylic acids is 1. The number of hydrogen-bond acceptors (Lipinski definition) is 3. The topological polar surface area (TPSA) is 41.6 Å². The summed E-state index contributed by atoms with van der Waals surface area (Å²) in [5.74, 6) is -1.02. The van der Waals surface area contributed by atoms with Gasteiger partial charge in [0.1, 0.15) is 6.54 Å². The van der Waals surface area contributed by atoms with E-state index in [1.54, 1.807) is 7.05 Å². The Kier molecular flexibility index (Phi) is 4.76. The molecule has 17 heavy (non-hydrogen) atoms. The van der Waals surface area contributed by atoms with Gasteiger partial charge < -0.3 is 15.0 Å². The number of nitrogens with one attached hydrogen (secondary N) is 1. The van der Waals surface area contributed by atoms with Crippen molar-refractivity contribution in [2.45, 2.75) is 19.1 Å². The molecule has 0 aromatic rings. The Morgan fingerprint density at radius 1 is 1.47 bits per heavy atom. The average Bonchev–Trinajstić information content (AvgIpc) is 2.71. The van der Waals surface area contributed by atoms with Gasteiger partial charge in [0, 0.05) is 12.6 Å². The number of likely N-dealkylation sites (N-methyl/N-ethyl adjacent to an activating group) is 1.